The fraction of sp³-hybridized carbons (Fsp3) is 0.462. The summed E-state index contributed by atoms with van der Waals surface area (Å²) < 4.78 is 0.936. The highest BCUT2D eigenvalue weighted by Gasteiger charge is 2.22. The third kappa shape index (κ3) is 3.70. The summed E-state index contributed by atoms with van der Waals surface area (Å²) in [4.78, 5) is 12.1. The van der Waals surface area contributed by atoms with Crippen molar-refractivity contribution in [3.8, 4) is 5.75 Å². The van der Waals surface area contributed by atoms with Gasteiger partial charge in [0.25, 0.3) is 5.91 Å². The SMILES string of the molecule is O=C(N[C@H]1CCC[C@@H](O)C1)c1cc(Br)c(O)c(Br)c1. The monoisotopic (exact) mass is 391 g/mol. The molecule has 0 heterocycles. The number of halogens is 2. The molecular formula is C13H15Br2NO3. The van der Waals surface area contributed by atoms with Gasteiger partial charge in [0.2, 0.25) is 0 Å². The van der Waals surface area contributed by atoms with E-state index in [9.17, 15) is 15.0 Å². The molecule has 0 spiro atoms. The number of amides is 1. The number of carbonyl (C=O) groups excluding carboxylic acids is 1. The van der Waals surface area contributed by atoms with Crippen LogP contribution in [0, 0.1) is 0 Å². The number of phenols is 1. The molecule has 2 atom stereocenters. The van der Waals surface area contributed by atoms with E-state index in [0.29, 0.717) is 20.9 Å². The van der Waals surface area contributed by atoms with Gasteiger partial charge in [-0.3, -0.25) is 4.79 Å². The Balaban J connectivity index is 2.07. The first-order valence-electron chi connectivity index (χ1n) is 6.14. The molecule has 1 aromatic rings. The summed E-state index contributed by atoms with van der Waals surface area (Å²) in [6.07, 6.45) is 2.91. The number of aromatic hydroxyl groups is 1. The molecule has 3 N–H and O–H groups in total. The molecule has 1 fully saturated rings. The summed E-state index contributed by atoms with van der Waals surface area (Å²) in [7, 11) is 0. The highest BCUT2D eigenvalue weighted by molar-refractivity contribution is 9.11. The number of benzene rings is 1. The molecule has 0 radical (unpaired) electrons. The first-order valence-corrected chi connectivity index (χ1v) is 7.73. The summed E-state index contributed by atoms with van der Waals surface area (Å²) in [6, 6.07) is 3.17. The lowest BCUT2D eigenvalue weighted by Gasteiger charge is -2.26. The standard InChI is InChI=1S/C13H15Br2NO3/c14-10-4-7(5-11(15)12(10)18)13(19)16-8-2-1-3-9(17)6-8/h4-5,8-9,17-18H,1-3,6H2,(H,16,19)/t8-,9+/m0/s1. The fourth-order valence-electron chi connectivity index (χ4n) is 2.26. The Morgan fingerprint density at radius 2 is 1.89 bits per heavy atom. The summed E-state index contributed by atoms with van der Waals surface area (Å²) in [5.74, 6) is -0.120. The number of carbonyl (C=O) groups is 1. The van der Waals surface area contributed by atoms with Crippen LogP contribution in [0.2, 0.25) is 0 Å². The average molecular weight is 393 g/mol. The van der Waals surface area contributed by atoms with Gasteiger partial charge in [-0.1, -0.05) is 0 Å². The molecule has 1 aromatic carbocycles. The Morgan fingerprint density at radius 3 is 2.47 bits per heavy atom. The molecule has 6 heteroatoms. The van der Waals surface area contributed by atoms with Crippen LogP contribution >= 0.6 is 31.9 Å². The van der Waals surface area contributed by atoms with Gasteiger partial charge < -0.3 is 15.5 Å². The van der Waals surface area contributed by atoms with E-state index in [1.54, 1.807) is 12.1 Å². The quantitative estimate of drug-likeness (QED) is 0.724. The lowest BCUT2D eigenvalue weighted by atomic mass is 9.93. The van der Waals surface area contributed by atoms with Gasteiger partial charge in [0.1, 0.15) is 5.75 Å². The second kappa shape index (κ2) is 6.24. The Hall–Kier alpha value is -0.590. The van der Waals surface area contributed by atoms with Gasteiger partial charge in [0, 0.05) is 11.6 Å². The number of phenolic OH excluding ortho intramolecular Hbond substituents is 1. The minimum absolute atomic E-state index is 0.0163. The number of aliphatic hydroxyl groups is 1. The van der Waals surface area contributed by atoms with Crippen LogP contribution in [-0.2, 0) is 0 Å². The number of rotatable bonds is 2. The molecule has 1 saturated carbocycles. The molecule has 1 aliphatic rings. The minimum atomic E-state index is -0.322. The van der Waals surface area contributed by atoms with Gasteiger partial charge in [0.05, 0.1) is 15.0 Å². The molecule has 4 nitrogen and oxygen atoms in total. The Morgan fingerprint density at radius 1 is 1.26 bits per heavy atom. The van der Waals surface area contributed by atoms with Crippen molar-refractivity contribution in [1.29, 1.82) is 0 Å². The Labute approximate surface area is 128 Å². The van der Waals surface area contributed by atoms with Crippen molar-refractivity contribution < 1.29 is 15.0 Å². The second-order valence-corrected chi connectivity index (χ2v) is 6.49. The number of hydrogen-bond acceptors (Lipinski definition) is 3. The molecule has 104 valence electrons. The Kier molecular flexibility index (Phi) is 4.86. The first-order chi connectivity index (χ1) is 8.97. The van der Waals surface area contributed by atoms with Gasteiger partial charge in [-0.05, 0) is 69.7 Å². The van der Waals surface area contributed by atoms with Gasteiger partial charge in [-0.25, -0.2) is 0 Å². The normalized spacial score (nSPS) is 23.1. The number of hydrogen-bond donors (Lipinski definition) is 3. The number of nitrogens with one attached hydrogen (secondary N) is 1. The van der Waals surface area contributed by atoms with Crippen LogP contribution in [-0.4, -0.2) is 28.3 Å². The summed E-state index contributed by atoms with van der Waals surface area (Å²) in [5, 5.41) is 22.1. The van der Waals surface area contributed by atoms with E-state index < -0.39 is 0 Å². The van der Waals surface area contributed by atoms with E-state index in [4.69, 9.17) is 0 Å². The maximum atomic E-state index is 12.1. The second-order valence-electron chi connectivity index (χ2n) is 4.78. The zero-order chi connectivity index (χ0) is 14.0. The van der Waals surface area contributed by atoms with Gasteiger partial charge in [-0.15, -0.1) is 0 Å². The molecule has 0 unspecified atom stereocenters. The zero-order valence-electron chi connectivity index (χ0n) is 10.2. The van der Waals surface area contributed by atoms with Crippen molar-refractivity contribution in [3.05, 3.63) is 26.6 Å². The molecule has 0 aromatic heterocycles. The highest BCUT2D eigenvalue weighted by atomic mass is 79.9. The lowest BCUT2D eigenvalue weighted by molar-refractivity contribution is 0.0849. The van der Waals surface area contributed by atoms with Crippen molar-refractivity contribution in [2.45, 2.75) is 37.8 Å². The van der Waals surface area contributed by atoms with Crippen molar-refractivity contribution in [2.24, 2.45) is 0 Å². The van der Waals surface area contributed by atoms with Crippen LogP contribution in [0.1, 0.15) is 36.0 Å². The fourth-order valence-corrected chi connectivity index (χ4v) is 3.45. The van der Waals surface area contributed by atoms with E-state index in [-0.39, 0.29) is 23.8 Å². The minimum Gasteiger partial charge on any atom is -0.506 e. The lowest BCUT2D eigenvalue weighted by Crippen LogP contribution is -2.39. The average Bonchev–Trinajstić information content (AvgIpc) is 2.35. The molecule has 1 aliphatic carbocycles. The van der Waals surface area contributed by atoms with E-state index >= 15 is 0 Å². The molecular weight excluding hydrogens is 378 g/mol. The smallest absolute Gasteiger partial charge is 0.251 e. The zero-order valence-corrected chi connectivity index (χ0v) is 13.4. The van der Waals surface area contributed by atoms with Crippen LogP contribution in [0.5, 0.6) is 5.75 Å². The molecule has 2 rings (SSSR count). The van der Waals surface area contributed by atoms with E-state index in [0.717, 1.165) is 19.3 Å². The van der Waals surface area contributed by atoms with E-state index in [1.807, 2.05) is 0 Å². The Bertz CT molecular complexity index is 470. The third-order valence-corrected chi connectivity index (χ3v) is 4.47. The van der Waals surface area contributed by atoms with Crippen molar-refractivity contribution in [1.82, 2.24) is 5.32 Å². The van der Waals surface area contributed by atoms with Crippen molar-refractivity contribution in [3.63, 3.8) is 0 Å². The van der Waals surface area contributed by atoms with Gasteiger partial charge in [0.15, 0.2) is 0 Å². The molecule has 19 heavy (non-hydrogen) atoms. The largest absolute Gasteiger partial charge is 0.506 e. The maximum Gasteiger partial charge on any atom is 0.251 e. The van der Waals surface area contributed by atoms with Gasteiger partial charge in [-0.2, -0.15) is 0 Å². The van der Waals surface area contributed by atoms with Crippen LogP contribution in [0.25, 0.3) is 0 Å². The van der Waals surface area contributed by atoms with Crippen LogP contribution in [0.15, 0.2) is 21.1 Å². The molecule has 0 saturated heterocycles. The molecule has 1 amide bonds. The summed E-state index contributed by atoms with van der Waals surface area (Å²) in [5.41, 5.74) is 0.469. The van der Waals surface area contributed by atoms with Crippen molar-refractivity contribution in [2.75, 3.05) is 0 Å². The number of aliphatic hydroxyl groups excluding tert-OH is 1. The van der Waals surface area contributed by atoms with Crippen molar-refractivity contribution >= 4 is 37.8 Å². The molecule has 0 bridgehead atoms. The summed E-state index contributed by atoms with van der Waals surface area (Å²) in [6.45, 7) is 0. The van der Waals surface area contributed by atoms with Crippen LogP contribution < -0.4 is 5.32 Å². The highest BCUT2D eigenvalue weighted by Crippen LogP contribution is 2.33. The van der Waals surface area contributed by atoms with Gasteiger partial charge >= 0.3 is 0 Å². The predicted molar refractivity (Wildman–Crippen MR) is 79.2 cm³/mol. The first kappa shape index (κ1) is 14.8. The van der Waals surface area contributed by atoms with E-state index in [1.165, 1.54) is 0 Å². The summed E-state index contributed by atoms with van der Waals surface area (Å²) >= 11 is 6.40. The molecule has 0 aliphatic heterocycles. The topological polar surface area (TPSA) is 69.6 Å². The predicted octanol–water partition coefficient (Wildman–Crippen LogP) is 2.95. The maximum absolute atomic E-state index is 12.1. The third-order valence-electron chi connectivity index (χ3n) is 3.26. The van der Waals surface area contributed by atoms with E-state index in [2.05, 4.69) is 37.2 Å². The van der Waals surface area contributed by atoms with Crippen LogP contribution in [0.3, 0.4) is 0 Å². The van der Waals surface area contributed by atoms with Crippen LogP contribution in [0.4, 0.5) is 0 Å².